The van der Waals surface area contributed by atoms with Gasteiger partial charge < -0.3 is 30.7 Å². The maximum absolute atomic E-state index is 14.5. The second kappa shape index (κ2) is 17.4. The van der Waals surface area contributed by atoms with Crippen LogP contribution in [0.4, 0.5) is 8.78 Å². The van der Waals surface area contributed by atoms with Gasteiger partial charge in [-0.15, -0.1) is 0 Å². The molecule has 6 atom stereocenters. The Morgan fingerprint density at radius 2 is 1.79 bits per heavy atom. The van der Waals surface area contributed by atoms with Crippen LogP contribution in [0.2, 0.25) is 0 Å². The average Bonchev–Trinajstić information content (AvgIpc) is 3.44. The molecule has 0 radical (unpaired) electrons. The van der Waals surface area contributed by atoms with Crippen molar-refractivity contribution in [3.05, 3.63) is 101 Å². The number of aliphatic hydroxyl groups excluding tert-OH is 1. The Labute approximate surface area is 305 Å². The molecule has 3 aromatic rings. The third-order valence-corrected chi connectivity index (χ3v) is 10.7. The summed E-state index contributed by atoms with van der Waals surface area (Å²) in [5.41, 5.74) is 2.11. The number of benzene rings is 3. The van der Waals surface area contributed by atoms with E-state index in [4.69, 9.17) is 4.74 Å². The second-order valence-electron chi connectivity index (χ2n) is 14.3. The van der Waals surface area contributed by atoms with Crippen molar-refractivity contribution in [1.82, 2.24) is 20.9 Å². The molecule has 280 valence electrons. The van der Waals surface area contributed by atoms with Gasteiger partial charge in [-0.3, -0.25) is 14.4 Å². The lowest BCUT2D eigenvalue weighted by molar-refractivity contribution is -0.144. The number of fused-ring (bicyclic) bond motifs is 1. The zero-order valence-electron chi connectivity index (χ0n) is 30.6. The fourth-order valence-corrected chi connectivity index (χ4v) is 7.73. The van der Waals surface area contributed by atoms with Crippen molar-refractivity contribution in [2.24, 2.45) is 5.92 Å². The fourth-order valence-electron chi connectivity index (χ4n) is 7.73. The summed E-state index contributed by atoms with van der Waals surface area (Å²) in [5.74, 6) is -2.05. The molecule has 0 aromatic heterocycles. The summed E-state index contributed by atoms with van der Waals surface area (Å²) in [6.07, 6.45) is 1.82. The van der Waals surface area contributed by atoms with Crippen LogP contribution in [0.3, 0.4) is 0 Å². The van der Waals surface area contributed by atoms with Crippen molar-refractivity contribution in [3.63, 3.8) is 0 Å². The van der Waals surface area contributed by atoms with E-state index in [0.717, 1.165) is 34.9 Å². The Balaban J connectivity index is 1.45. The number of nitrogens with zero attached hydrogens (tertiary/aromatic N) is 1. The highest BCUT2D eigenvalue weighted by Gasteiger charge is 2.53. The summed E-state index contributed by atoms with van der Waals surface area (Å²) >= 11 is 0. The molecule has 3 amide bonds. The fraction of sp³-hybridized carbons (Fsp3) is 0.488. The molecule has 0 spiro atoms. The van der Waals surface area contributed by atoms with Crippen LogP contribution in [0.15, 0.2) is 66.7 Å². The van der Waals surface area contributed by atoms with Crippen LogP contribution in [0, 0.1) is 17.6 Å². The third-order valence-electron chi connectivity index (χ3n) is 10.7. The molecule has 3 aromatic carbocycles. The normalized spacial score (nSPS) is 20.8. The van der Waals surface area contributed by atoms with E-state index in [9.17, 15) is 28.3 Å². The molecule has 0 saturated carbocycles. The average molecular weight is 719 g/mol. The van der Waals surface area contributed by atoms with Gasteiger partial charge in [0, 0.05) is 37.7 Å². The van der Waals surface area contributed by atoms with Crippen molar-refractivity contribution in [2.75, 3.05) is 13.2 Å². The Bertz CT molecular complexity index is 1690. The van der Waals surface area contributed by atoms with E-state index in [0.29, 0.717) is 38.8 Å². The molecule has 1 fully saturated rings. The first kappa shape index (κ1) is 38.9. The van der Waals surface area contributed by atoms with Gasteiger partial charge in [0.15, 0.2) is 0 Å². The van der Waals surface area contributed by atoms with Crippen molar-refractivity contribution in [2.45, 2.75) is 109 Å². The Kier molecular flexibility index (Phi) is 13.0. The summed E-state index contributed by atoms with van der Waals surface area (Å²) in [6.45, 7) is 8.57. The van der Waals surface area contributed by atoms with Crippen LogP contribution in [-0.2, 0) is 40.2 Å². The molecule has 4 N–H and O–H groups in total. The molecule has 0 unspecified atom stereocenters. The van der Waals surface area contributed by atoms with Crippen molar-refractivity contribution in [3.8, 4) is 5.75 Å². The van der Waals surface area contributed by atoms with E-state index in [1.54, 1.807) is 4.90 Å². The molecule has 11 heteroatoms. The lowest BCUT2D eigenvalue weighted by Gasteiger charge is -2.37. The van der Waals surface area contributed by atoms with E-state index in [1.165, 1.54) is 19.1 Å². The first-order valence-electron chi connectivity index (χ1n) is 18.5. The first-order chi connectivity index (χ1) is 24.9. The number of likely N-dealkylation sites (tertiary alicyclic amines) is 1. The van der Waals surface area contributed by atoms with Crippen LogP contribution < -0.4 is 20.7 Å². The molecule has 2 aliphatic heterocycles. The highest BCUT2D eigenvalue weighted by molar-refractivity contribution is 5.96. The Morgan fingerprint density at radius 1 is 1.06 bits per heavy atom. The molecular weight excluding hydrogens is 666 g/mol. The van der Waals surface area contributed by atoms with Gasteiger partial charge in [0.05, 0.1) is 18.8 Å². The molecule has 1 saturated heterocycles. The predicted octanol–water partition coefficient (Wildman–Crippen LogP) is 5.01. The molecule has 5 rings (SSSR count). The SMILES string of the molecule is CCCOc1cccc2c1CN[C@@H]([C@@H](O)[C@H](Cc1cc(F)cc(F)c1)NC(=O)[C@H](CCc1ccccc1)N1CC[C@](NC(C)=O)([C@H](C)CC)C1=O)C2. The molecule has 2 heterocycles. The van der Waals surface area contributed by atoms with Crippen LogP contribution in [-0.4, -0.2) is 70.6 Å². The largest absolute Gasteiger partial charge is 0.493 e. The van der Waals surface area contributed by atoms with E-state index in [-0.39, 0.29) is 42.7 Å². The number of nitrogens with one attached hydrogen (secondary N) is 3. The number of amides is 3. The van der Waals surface area contributed by atoms with Gasteiger partial charge in [-0.05, 0) is 79.3 Å². The highest BCUT2D eigenvalue weighted by atomic mass is 19.1. The Hall–Kier alpha value is -4.35. The number of carbonyl (C=O) groups is 3. The van der Waals surface area contributed by atoms with Crippen LogP contribution in [0.5, 0.6) is 5.75 Å². The molecule has 52 heavy (non-hydrogen) atoms. The number of hydrogen-bond donors (Lipinski definition) is 4. The van der Waals surface area contributed by atoms with Gasteiger partial charge in [0.2, 0.25) is 17.7 Å². The third kappa shape index (κ3) is 8.98. The Morgan fingerprint density at radius 3 is 2.46 bits per heavy atom. The lowest BCUT2D eigenvalue weighted by Crippen LogP contribution is -2.61. The van der Waals surface area contributed by atoms with Gasteiger partial charge in [-0.25, -0.2) is 8.78 Å². The zero-order chi connectivity index (χ0) is 37.4. The number of aliphatic hydroxyl groups is 1. The van der Waals surface area contributed by atoms with Crippen molar-refractivity contribution >= 4 is 17.7 Å². The van der Waals surface area contributed by atoms with Gasteiger partial charge in [0.1, 0.15) is 29.0 Å². The first-order valence-corrected chi connectivity index (χ1v) is 18.5. The summed E-state index contributed by atoms with van der Waals surface area (Å²) in [6, 6.07) is 16.2. The zero-order valence-corrected chi connectivity index (χ0v) is 30.6. The van der Waals surface area contributed by atoms with Crippen molar-refractivity contribution < 1.29 is 33.0 Å². The molecule has 2 aliphatic rings. The van der Waals surface area contributed by atoms with E-state index in [1.807, 2.05) is 69.3 Å². The van der Waals surface area contributed by atoms with Crippen LogP contribution in [0.1, 0.15) is 75.6 Å². The van der Waals surface area contributed by atoms with Crippen molar-refractivity contribution in [1.29, 1.82) is 0 Å². The maximum atomic E-state index is 14.5. The van der Waals surface area contributed by atoms with Gasteiger partial charge in [0.25, 0.3) is 0 Å². The maximum Gasteiger partial charge on any atom is 0.249 e. The number of ether oxygens (including phenoxy) is 1. The number of carbonyl (C=O) groups excluding carboxylic acids is 3. The minimum Gasteiger partial charge on any atom is -0.493 e. The number of hydrogen-bond acceptors (Lipinski definition) is 6. The van der Waals surface area contributed by atoms with Crippen LogP contribution in [0.25, 0.3) is 0 Å². The number of halogens is 2. The number of aryl methyl sites for hydroxylation is 1. The van der Waals surface area contributed by atoms with E-state index < -0.39 is 47.3 Å². The highest BCUT2D eigenvalue weighted by Crippen LogP contribution is 2.35. The monoisotopic (exact) mass is 718 g/mol. The van der Waals surface area contributed by atoms with Gasteiger partial charge >= 0.3 is 0 Å². The summed E-state index contributed by atoms with van der Waals surface area (Å²) in [4.78, 5) is 42.8. The molecular formula is C41H52F2N4O5. The molecule has 9 nitrogen and oxygen atoms in total. The minimum absolute atomic E-state index is 0.0612. The lowest BCUT2D eigenvalue weighted by atomic mass is 9.81. The number of rotatable bonds is 16. The van der Waals surface area contributed by atoms with E-state index in [2.05, 4.69) is 16.0 Å². The summed E-state index contributed by atoms with van der Waals surface area (Å²) < 4.78 is 34.8. The standard InChI is InChI=1S/C41H52F2N4O5/c1-5-19-52-37-14-10-13-30-23-34(44-25-33(30)37)38(49)35(22-29-20-31(42)24-32(43)21-29)45-39(50)36(16-15-28-11-8-7-9-12-28)47-18-17-41(40(47)51,26(3)6-2)46-27(4)48/h7-14,20-21,24,26,34-36,38,44,49H,5-6,15-19,22-23,25H2,1-4H3,(H,45,50)(H,46,48)/t26-,34-,35+,36+,38-,41+/m1/s1. The summed E-state index contributed by atoms with van der Waals surface area (Å²) in [7, 11) is 0. The second-order valence-corrected chi connectivity index (χ2v) is 14.3. The van der Waals surface area contributed by atoms with E-state index >= 15 is 0 Å². The molecule has 0 bridgehead atoms. The minimum atomic E-state index is -1.17. The predicted molar refractivity (Wildman–Crippen MR) is 195 cm³/mol. The smallest absolute Gasteiger partial charge is 0.249 e. The van der Waals surface area contributed by atoms with Gasteiger partial charge in [-0.1, -0.05) is 69.7 Å². The quantitative estimate of drug-likeness (QED) is 0.165. The molecule has 0 aliphatic carbocycles. The summed E-state index contributed by atoms with van der Waals surface area (Å²) in [5, 5.41) is 21.4. The van der Waals surface area contributed by atoms with Crippen LogP contribution >= 0.6 is 0 Å². The van der Waals surface area contributed by atoms with Gasteiger partial charge in [-0.2, -0.15) is 0 Å². The topological polar surface area (TPSA) is 120 Å².